The molecule has 4 aromatic rings. The molecule has 0 radical (unpaired) electrons. The summed E-state index contributed by atoms with van der Waals surface area (Å²) in [5.74, 6) is 2.23. The molecule has 5 rings (SSSR count). The van der Waals surface area contributed by atoms with E-state index in [1.807, 2.05) is 59.1 Å². The number of aromatic nitrogens is 4. The Kier molecular flexibility index (Phi) is 3.60. The molecule has 0 fully saturated rings. The highest BCUT2D eigenvalue weighted by Crippen LogP contribution is 2.31. The molecule has 1 aliphatic carbocycles. The van der Waals surface area contributed by atoms with Crippen molar-refractivity contribution in [2.24, 2.45) is 0 Å². The highest BCUT2D eigenvalue weighted by atomic mass is 35.5. The number of halogens is 1. The second-order valence-corrected chi connectivity index (χ2v) is 6.82. The van der Waals surface area contributed by atoms with Gasteiger partial charge in [-0.15, -0.1) is 5.10 Å². The summed E-state index contributed by atoms with van der Waals surface area (Å²) in [6.45, 7) is 0. The van der Waals surface area contributed by atoms with E-state index >= 15 is 0 Å². The van der Waals surface area contributed by atoms with Crippen molar-refractivity contribution >= 4 is 28.9 Å². The SMILES string of the molecule is Clc1cccc(Nc2c3c(nc4nc(-c5ccccc5)nn24)CCC3)c1. The summed E-state index contributed by atoms with van der Waals surface area (Å²) in [5, 5.41) is 8.91. The molecule has 1 N–H and O–H groups in total. The average molecular weight is 362 g/mol. The van der Waals surface area contributed by atoms with Gasteiger partial charge in [0.2, 0.25) is 0 Å². The molecule has 0 unspecified atom stereocenters. The number of aryl methyl sites for hydroxylation is 1. The Labute approximate surface area is 155 Å². The molecular weight excluding hydrogens is 346 g/mol. The number of fused-ring (bicyclic) bond motifs is 2. The number of hydrogen-bond acceptors (Lipinski definition) is 4. The Hall–Kier alpha value is -2.92. The Balaban J connectivity index is 1.68. The van der Waals surface area contributed by atoms with Gasteiger partial charge in [0.1, 0.15) is 5.82 Å². The van der Waals surface area contributed by atoms with Crippen molar-refractivity contribution in [3.8, 4) is 11.4 Å². The maximum Gasteiger partial charge on any atom is 0.254 e. The molecule has 128 valence electrons. The van der Waals surface area contributed by atoms with E-state index in [1.54, 1.807) is 0 Å². The van der Waals surface area contributed by atoms with Gasteiger partial charge in [0, 0.05) is 21.8 Å². The van der Waals surface area contributed by atoms with Gasteiger partial charge < -0.3 is 5.32 Å². The molecule has 1 aliphatic rings. The zero-order valence-electron chi connectivity index (χ0n) is 14.0. The number of benzene rings is 2. The quantitative estimate of drug-likeness (QED) is 0.575. The van der Waals surface area contributed by atoms with Crippen molar-refractivity contribution in [3.63, 3.8) is 0 Å². The van der Waals surface area contributed by atoms with E-state index in [0.717, 1.165) is 42.0 Å². The highest BCUT2D eigenvalue weighted by molar-refractivity contribution is 6.30. The van der Waals surface area contributed by atoms with E-state index < -0.39 is 0 Å². The van der Waals surface area contributed by atoms with E-state index in [4.69, 9.17) is 21.7 Å². The number of anilines is 2. The molecule has 0 saturated carbocycles. The minimum absolute atomic E-state index is 0.619. The highest BCUT2D eigenvalue weighted by Gasteiger charge is 2.22. The largest absolute Gasteiger partial charge is 0.340 e. The summed E-state index contributed by atoms with van der Waals surface area (Å²) >= 11 is 6.14. The van der Waals surface area contributed by atoms with E-state index in [-0.39, 0.29) is 0 Å². The van der Waals surface area contributed by atoms with Crippen molar-refractivity contribution in [1.82, 2.24) is 19.6 Å². The topological polar surface area (TPSA) is 55.1 Å². The lowest BCUT2D eigenvalue weighted by Crippen LogP contribution is -2.07. The lowest BCUT2D eigenvalue weighted by Gasteiger charge is -2.12. The lowest BCUT2D eigenvalue weighted by atomic mass is 10.2. The minimum atomic E-state index is 0.619. The van der Waals surface area contributed by atoms with Gasteiger partial charge in [-0.2, -0.15) is 9.50 Å². The fourth-order valence-electron chi connectivity index (χ4n) is 3.42. The molecule has 5 nitrogen and oxygen atoms in total. The number of rotatable bonds is 3. The van der Waals surface area contributed by atoms with Crippen LogP contribution in [0.3, 0.4) is 0 Å². The molecule has 0 atom stereocenters. The maximum absolute atomic E-state index is 6.14. The van der Waals surface area contributed by atoms with Gasteiger partial charge in [-0.25, -0.2) is 4.98 Å². The maximum atomic E-state index is 6.14. The van der Waals surface area contributed by atoms with Crippen LogP contribution in [0.25, 0.3) is 17.2 Å². The smallest absolute Gasteiger partial charge is 0.254 e. The first kappa shape index (κ1) is 15.3. The van der Waals surface area contributed by atoms with Crippen molar-refractivity contribution in [1.29, 1.82) is 0 Å². The summed E-state index contributed by atoms with van der Waals surface area (Å²) in [5.41, 5.74) is 4.22. The second-order valence-electron chi connectivity index (χ2n) is 6.39. The zero-order chi connectivity index (χ0) is 17.5. The molecule has 0 spiro atoms. The van der Waals surface area contributed by atoms with Crippen LogP contribution >= 0.6 is 11.6 Å². The van der Waals surface area contributed by atoms with Gasteiger partial charge in [-0.3, -0.25) is 0 Å². The Bertz CT molecular complexity index is 1100. The Morgan fingerprint density at radius 3 is 2.69 bits per heavy atom. The van der Waals surface area contributed by atoms with Crippen LogP contribution in [0, 0.1) is 0 Å². The van der Waals surface area contributed by atoms with Crippen LogP contribution in [0.15, 0.2) is 54.6 Å². The fraction of sp³-hybridized carbons (Fsp3) is 0.150. The molecule has 2 aromatic heterocycles. The Morgan fingerprint density at radius 1 is 0.962 bits per heavy atom. The van der Waals surface area contributed by atoms with Crippen LogP contribution < -0.4 is 5.32 Å². The van der Waals surface area contributed by atoms with E-state index in [0.29, 0.717) is 16.6 Å². The summed E-state index contributed by atoms with van der Waals surface area (Å²) in [7, 11) is 0. The molecule has 0 saturated heterocycles. The average Bonchev–Trinajstić information content (AvgIpc) is 3.29. The van der Waals surface area contributed by atoms with Crippen LogP contribution in [-0.2, 0) is 12.8 Å². The summed E-state index contributed by atoms with van der Waals surface area (Å²) in [4.78, 5) is 9.40. The lowest BCUT2D eigenvalue weighted by molar-refractivity contribution is 0.900. The van der Waals surface area contributed by atoms with Gasteiger partial charge in [-0.05, 0) is 37.5 Å². The predicted molar refractivity (Wildman–Crippen MR) is 103 cm³/mol. The molecule has 2 heterocycles. The molecule has 2 aromatic carbocycles. The first-order chi connectivity index (χ1) is 12.8. The number of nitrogens with one attached hydrogen (secondary N) is 1. The predicted octanol–water partition coefficient (Wildman–Crippen LogP) is 4.68. The Morgan fingerprint density at radius 2 is 1.85 bits per heavy atom. The molecule has 0 aliphatic heterocycles. The molecular formula is C20H16ClN5. The standard InChI is InChI=1S/C20H16ClN5/c21-14-8-4-9-15(12-14)22-19-16-10-5-11-17(16)23-20-24-18(25-26(19)20)13-6-2-1-3-7-13/h1-4,6-9,12,22H,5,10-11H2. The van der Waals surface area contributed by atoms with Crippen molar-refractivity contribution in [2.75, 3.05) is 5.32 Å². The summed E-state index contributed by atoms with van der Waals surface area (Å²) in [6.07, 6.45) is 3.07. The van der Waals surface area contributed by atoms with Gasteiger partial charge in [0.25, 0.3) is 5.78 Å². The molecule has 6 heteroatoms. The van der Waals surface area contributed by atoms with Gasteiger partial charge in [-0.1, -0.05) is 48.0 Å². The van der Waals surface area contributed by atoms with Crippen LogP contribution in [-0.4, -0.2) is 19.6 Å². The summed E-state index contributed by atoms with van der Waals surface area (Å²) in [6, 6.07) is 17.7. The van der Waals surface area contributed by atoms with Gasteiger partial charge in [0.15, 0.2) is 5.82 Å². The number of hydrogen-bond donors (Lipinski definition) is 1. The van der Waals surface area contributed by atoms with Crippen molar-refractivity contribution in [3.05, 3.63) is 70.9 Å². The molecule has 26 heavy (non-hydrogen) atoms. The zero-order valence-corrected chi connectivity index (χ0v) is 14.7. The van der Waals surface area contributed by atoms with E-state index in [1.165, 1.54) is 5.56 Å². The van der Waals surface area contributed by atoms with Crippen LogP contribution in [0.2, 0.25) is 5.02 Å². The third-order valence-electron chi connectivity index (χ3n) is 4.63. The van der Waals surface area contributed by atoms with Crippen LogP contribution in [0.5, 0.6) is 0 Å². The minimum Gasteiger partial charge on any atom is -0.340 e. The number of nitrogens with zero attached hydrogens (tertiary/aromatic N) is 4. The van der Waals surface area contributed by atoms with Crippen LogP contribution in [0.4, 0.5) is 11.5 Å². The van der Waals surface area contributed by atoms with Crippen LogP contribution in [0.1, 0.15) is 17.7 Å². The van der Waals surface area contributed by atoms with Gasteiger partial charge >= 0.3 is 0 Å². The molecule has 0 amide bonds. The first-order valence-corrected chi connectivity index (χ1v) is 9.02. The monoisotopic (exact) mass is 361 g/mol. The van der Waals surface area contributed by atoms with Crippen molar-refractivity contribution in [2.45, 2.75) is 19.3 Å². The normalized spacial score (nSPS) is 13.1. The van der Waals surface area contributed by atoms with E-state index in [2.05, 4.69) is 10.3 Å². The third-order valence-corrected chi connectivity index (χ3v) is 4.87. The first-order valence-electron chi connectivity index (χ1n) is 8.64. The van der Waals surface area contributed by atoms with E-state index in [9.17, 15) is 0 Å². The third kappa shape index (κ3) is 2.61. The molecule has 0 bridgehead atoms. The second kappa shape index (κ2) is 6.11. The van der Waals surface area contributed by atoms with Gasteiger partial charge in [0.05, 0.1) is 5.69 Å². The van der Waals surface area contributed by atoms with Crippen molar-refractivity contribution < 1.29 is 0 Å². The summed E-state index contributed by atoms with van der Waals surface area (Å²) < 4.78 is 1.81. The fourth-order valence-corrected chi connectivity index (χ4v) is 3.61.